The second-order valence-electron chi connectivity index (χ2n) is 3.86. The molecule has 1 aromatic carbocycles. The standard InChI is InChI=1S/C13H14N2O3/c1-3-4-10(14)12(16)15-11-6-5-8(2)7-9(11)13(17)18/h1,5-7,10H,4,14H2,2H3,(H,15,16)(H,17,18). The van der Waals surface area contributed by atoms with Crippen LogP contribution in [0.25, 0.3) is 0 Å². The summed E-state index contributed by atoms with van der Waals surface area (Å²) in [5, 5.41) is 11.5. The van der Waals surface area contributed by atoms with E-state index >= 15 is 0 Å². The van der Waals surface area contributed by atoms with Crippen LogP contribution in [0.3, 0.4) is 0 Å². The molecule has 0 saturated heterocycles. The maximum atomic E-state index is 11.6. The Hall–Kier alpha value is -2.32. The minimum Gasteiger partial charge on any atom is -0.478 e. The highest BCUT2D eigenvalue weighted by Crippen LogP contribution is 2.17. The predicted molar refractivity (Wildman–Crippen MR) is 68.2 cm³/mol. The van der Waals surface area contributed by atoms with Crippen LogP contribution in [0.5, 0.6) is 0 Å². The number of nitrogens with two attached hydrogens (primary N) is 1. The summed E-state index contributed by atoms with van der Waals surface area (Å²) in [6, 6.07) is 3.86. The molecular formula is C13H14N2O3. The van der Waals surface area contributed by atoms with Gasteiger partial charge in [0.1, 0.15) is 0 Å². The molecule has 0 radical (unpaired) electrons. The van der Waals surface area contributed by atoms with Crippen molar-refractivity contribution >= 4 is 17.6 Å². The van der Waals surface area contributed by atoms with Gasteiger partial charge in [-0.3, -0.25) is 4.79 Å². The summed E-state index contributed by atoms with van der Waals surface area (Å²) in [6.07, 6.45) is 5.15. The number of hydrogen-bond donors (Lipinski definition) is 3. The van der Waals surface area contributed by atoms with Gasteiger partial charge >= 0.3 is 5.97 Å². The van der Waals surface area contributed by atoms with E-state index in [1.165, 1.54) is 12.1 Å². The van der Waals surface area contributed by atoms with Crippen LogP contribution in [0.2, 0.25) is 0 Å². The fourth-order valence-corrected chi connectivity index (χ4v) is 1.39. The Kier molecular flexibility index (Phi) is 4.46. The van der Waals surface area contributed by atoms with Crippen LogP contribution in [0, 0.1) is 19.3 Å². The van der Waals surface area contributed by atoms with Crippen molar-refractivity contribution in [1.82, 2.24) is 0 Å². The molecule has 0 fully saturated rings. The Balaban J connectivity index is 2.95. The summed E-state index contributed by atoms with van der Waals surface area (Å²) in [6.45, 7) is 1.77. The number of amides is 1. The second-order valence-corrected chi connectivity index (χ2v) is 3.86. The number of terminal acetylenes is 1. The molecule has 0 aliphatic heterocycles. The zero-order valence-electron chi connectivity index (χ0n) is 9.93. The number of hydrogen-bond acceptors (Lipinski definition) is 3. The summed E-state index contributed by atoms with van der Waals surface area (Å²) in [5.74, 6) is 0.666. The third-order valence-electron chi connectivity index (χ3n) is 2.34. The van der Waals surface area contributed by atoms with Crippen molar-refractivity contribution < 1.29 is 14.7 Å². The van der Waals surface area contributed by atoms with E-state index in [-0.39, 0.29) is 17.7 Å². The summed E-state index contributed by atoms with van der Waals surface area (Å²) >= 11 is 0. The Morgan fingerprint density at radius 2 is 2.22 bits per heavy atom. The Bertz CT molecular complexity index is 517. The van der Waals surface area contributed by atoms with Gasteiger partial charge in [-0.05, 0) is 19.1 Å². The molecule has 1 unspecified atom stereocenters. The van der Waals surface area contributed by atoms with Gasteiger partial charge < -0.3 is 16.2 Å². The molecule has 0 aliphatic carbocycles. The van der Waals surface area contributed by atoms with Crippen LogP contribution in [0.15, 0.2) is 18.2 Å². The van der Waals surface area contributed by atoms with E-state index in [0.717, 1.165) is 5.56 Å². The van der Waals surface area contributed by atoms with Gasteiger partial charge in [0.15, 0.2) is 0 Å². The minimum absolute atomic E-state index is 0.0243. The highest BCUT2D eigenvalue weighted by molar-refractivity contribution is 6.02. The SMILES string of the molecule is C#CCC(N)C(=O)Nc1ccc(C)cc1C(=O)O. The van der Waals surface area contributed by atoms with Crippen molar-refractivity contribution in [3.05, 3.63) is 29.3 Å². The summed E-state index contributed by atoms with van der Waals surface area (Å²) in [4.78, 5) is 22.7. The third-order valence-corrected chi connectivity index (χ3v) is 2.34. The van der Waals surface area contributed by atoms with E-state index in [4.69, 9.17) is 17.3 Å². The van der Waals surface area contributed by atoms with Gasteiger partial charge in [0.25, 0.3) is 0 Å². The van der Waals surface area contributed by atoms with Crippen molar-refractivity contribution in [2.24, 2.45) is 5.73 Å². The normalized spacial score (nSPS) is 11.4. The molecule has 1 atom stereocenters. The first-order chi connectivity index (χ1) is 8.45. The molecule has 0 spiro atoms. The molecule has 5 heteroatoms. The average molecular weight is 246 g/mol. The molecule has 0 saturated carbocycles. The van der Waals surface area contributed by atoms with Crippen molar-refractivity contribution in [2.45, 2.75) is 19.4 Å². The zero-order valence-corrected chi connectivity index (χ0v) is 9.93. The highest BCUT2D eigenvalue weighted by atomic mass is 16.4. The fourth-order valence-electron chi connectivity index (χ4n) is 1.39. The summed E-state index contributed by atoms with van der Waals surface area (Å²) in [7, 11) is 0. The molecule has 94 valence electrons. The first-order valence-corrected chi connectivity index (χ1v) is 5.29. The van der Waals surface area contributed by atoms with Gasteiger partial charge in [0, 0.05) is 6.42 Å². The number of carbonyl (C=O) groups excluding carboxylic acids is 1. The first-order valence-electron chi connectivity index (χ1n) is 5.29. The number of aryl methyl sites for hydroxylation is 1. The van der Waals surface area contributed by atoms with Gasteiger partial charge in [0.2, 0.25) is 5.91 Å². The van der Waals surface area contributed by atoms with E-state index in [0.29, 0.717) is 0 Å². The number of rotatable bonds is 4. The van der Waals surface area contributed by atoms with Gasteiger partial charge in [-0.25, -0.2) is 4.79 Å². The third kappa shape index (κ3) is 3.34. The number of benzene rings is 1. The van der Waals surface area contributed by atoms with E-state index in [1.807, 2.05) is 0 Å². The summed E-state index contributed by atoms with van der Waals surface area (Å²) in [5.41, 5.74) is 6.56. The van der Waals surface area contributed by atoms with Crippen LogP contribution in [-0.4, -0.2) is 23.0 Å². The number of carboxylic acid groups (broad SMARTS) is 1. The van der Waals surface area contributed by atoms with Crippen LogP contribution >= 0.6 is 0 Å². The fraction of sp³-hybridized carbons (Fsp3) is 0.231. The van der Waals surface area contributed by atoms with Gasteiger partial charge in [-0.2, -0.15) is 0 Å². The first kappa shape index (κ1) is 13.7. The lowest BCUT2D eigenvalue weighted by molar-refractivity contribution is -0.117. The van der Waals surface area contributed by atoms with E-state index in [9.17, 15) is 9.59 Å². The van der Waals surface area contributed by atoms with Crippen LogP contribution in [0.1, 0.15) is 22.3 Å². The monoisotopic (exact) mass is 246 g/mol. The number of carboxylic acids is 1. The maximum absolute atomic E-state index is 11.6. The molecule has 1 aromatic rings. The molecule has 0 heterocycles. The van der Waals surface area contributed by atoms with Gasteiger partial charge in [-0.15, -0.1) is 12.3 Å². The van der Waals surface area contributed by atoms with E-state index in [1.54, 1.807) is 13.0 Å². The maximum Gasteiger partial charge on any atom is 0.337 e. The Labute approximate surface area is 105 Å². The molecule has 5 nitrogen and oxygen atoms in total. The van der Waals surface area contributed by atoms with Crippen molar-refractivity contribution in [2.75, 3.05) is 5.32 Å². The van der Waals surface area contributed by atoms with Gasteiger partial charge in [-0.1, -0.05) is 11.6 Å². The quantitative estimate of drug-likeness (QED) is 0.690. The number of nitrogens with one attached hydrogen (secondary N) is 1. The number of carbonyl (C=O) groups is 2. The molecule has 0 aliphatic rings. The average Bonchev–Trinajstić information content (AvgIpc) is 2.31. The highest BCUT2D eigenvalue weighted by Gasteiger charge is 2.16. The predicted octanol–water partition coefficient (Wildman–Crippen LogP) is 0.982. The van der Waals surface area contributed by atoms with Crippen molar-refractivity contribution in [3.63, 3.8) is 0 Å². The van der Waals surface area contributed by atoms with Crippen molar-refractivity contribution in [1.29, 1.82) is 0 Å². The largest absolute Gasteiger partial charge is 0.478 e. The number of aromatic carboxylic acids is 1. The van der Waals surface area contributed by atoms with E-state index in [2.05, 4.69) is 11.2 Å². The number of anilines is 1. The topological polar surface area (TPSA) is 92.4 Å². The lowest BCUT2D eigenvalue weighted by atomic mass is 10.1. The van der Waals surface area contributed by atoms with Crippen LogP contribution in [-0.2, 0) is 4.79 Å². The Morgan fingerprint density at radius 3 is 2.78 bits per heavy atom. The molecule has 1 amide bonds. The summed E-state index contributed by atoms with van der Waals surface area (Å²) < 4.78 is 0. The second kappa shape index (κ2) is 5.84. The lowest BCUT2D eigenvalue weighted by Crippen LogP contribution is -2.35. The minimum atomic E-state index is -1.11. The molecule has 0 aromatic heterocycles. The molecule has 4 N–H and O–H groups in total. The smallest absolute Gasteiger partial charge is 0.337 e. The van der Waals surface area contributed by atoms with Crippen LogP contribution < -0.4 is 11.1 Å². The van der Waals surface area contributed by atoms with Crippen LogP contribution in [0.4, 0.5) is 5.69 Å². The molecule has 1 rings (SSSR count). The van der Waals surface area contributed by atoms with E-state index < -0.39 is 17.9 Å². The van der Waals surface area contributed by atoms with Crippen molar-refractivity contribution in [3.8, 4) is 12.3 Å². The molecular weight excluding hydrogens is 232 g/mol. The molecule has 0 bridgehead atoms. The van der Waals surface area contributed by atoms with Gasteiger partial charge in [0.05, 0.1) is 17.3 Å². The molecule has 18 heavy (non-hydrogen) atoms. The lowest BCUT2D eigenvalue weighted by Gasteiger charge is -2.12. The Morgan fingerprint density at radius 1 is 1.56 bits per heavy atom. The zero-order chi connectivity index (χ0) is 13.7.